The Balaban J connectivity index is 0.00000338. The van der Waals surface area contributed by atoms with Gasteiger partial charge in [0.1, 0.15) is 0 Å². The number of hydrogen-bond acceptors (Lipinski definition) is 1. The van der Waals surface area contributed by atoms with Gasteiger partial charge in [0.2, 0.25) is 0 Å². The summed E-state index contributed by atoms with van der Waals surface area (Å²) >= 11 is 0. The van der Waals surface area contributed by atoms with Gasteiger partial charge in [0.25, 0.3) is 0 Å². The summed E-state index contributed by atoms with van der Waals surface area (Å²) in [6.07, 6.45) is -4.36. The minimum absolute atomic E-state index is 0. The number of nitrogens with one attached hydrogen (secondary N) is 2. The lowest BCUT2D eigenvalue weighted by Crippen LogP contribution is -2.36. The van der Waals surface area contributed by atoms with Gasteiger partial charge in [-0.3, -0.25) is 4.99 Å². The quantitative estimate of drug-likeness (QED) is 0.306. The first-order chi connectivity index (χ1) is 12.0. The Morgan fingerprint density at radius 1 is 1.04 bits per heavy atom. The molecule has 0 heterocycles. The molecule has 0 radical (unpaired) electrons. The molecule has 0 spiro atoms. The molecule has 0 unspecified atom stereocenters. The Morgan fingerprint density at radius 2 is 1.77 bits per heavy atom. The zero-order chi connectivity index (χ0) is 18.1. The fourth-order valence-corrected chi connectivity index (χ4v) is 2.05. The molecule has 26 heavy (non-hydrogen) atoms. The van der Waals surface area contributed by atoms with Crippen molar-refractivity contribution in [2.75, 3.05) is 13.6 Å². The predicted molar refractivity (Wildman–Crippen MR) is 108 cm³/mol. The van der Waals surface area contributed by atoms with Crippen LogP contribution in [0.15, 0.2) is 59.6 Å². The number of nitrogens with zero attached hydrogens (tertiary/aromatic N) is 1. The Labute approximate surface area is 168 Å². The second-order valence-electron chi connectivity index (χ2n) is 5.15. The van der Waals surface area contributed by atoms with Crippen molar-refractivity contribution in [2.45, 2.75) is 12.7 Å². The first-order valence-electron chi connectivity index (χ1n) is 7.63. The van der Waals surface area contributed by atoms with Crippen LogP contribution in [0.2, 0.25) is 0 Å². The average molecular weight is 473 g/mol. The van der Waals surface area contributed by atoms with Gasteiger partial charge in [0.15, 0.2) is 5.96 Å². The van der Waals surface area contributed by atoms with Gasteiger partial charge in [-0.05, 0) is 23.8 Å². The van der Waals surface area contributed by atoms with Crippen molar-refractivity contribution in [1.82, 2.24) is 10.6 Å². The molecular weight excluding hydrogens is 454 g/mol. The van der Waals surface area contributed by atoms with Crippen LogP contribution in [0, 0.1) is 11.8 Å². The van der Waals surface area contributed by atoms with Gasteiger partial charge in [0, 0.05) is 19.2 Å². The molecule has 0 bridgehead atoms. The summed E-state index contributed by atoms with van der Waals surface area (Å²) in [5.74, 6) is 6.08. The fourth-order valence-electron chi connectivity index (χ4n) is 2.05. The summed E-state index contributed by atoms with van der Waals surface area (Å²) in [6, 6.07) is 14.8. The van der Waals surface area contributed by atoms with E-state index in [4.69, 9.17) is 0 Å². The van der Waals surface area contributed by atoms with Crippen LogP contribution in [0.3, 0.4) is 0 Å². The molecule has 2 aromatic rings. The Morgan fingerprint density at radius 3 is 2.42 bits per heavy atom. The zero-order valence-corrected chi connectivity index (χ0v) is 16.4. The maximum atomic E-state index is 12.6. The van der Waals surface area contributed by atoms with Crippen molar-refractivity contribution in [1.29, 1.82) is 0 Å². The summed E-state index contributed by atoms with van der Waals surface area (Å²) in [7, 11) is 1.64. The third kappa shape index (κ3) is 7.35. The van der Waals surface area contributed by atoms with Gasteiger partial charge in [-0.25, -0.2) is 0 Å². The fraction of sp³-hybridized carbons (Fsp3) is 0.211. The second-order valence-corrected chi connectivity index (χ2v) is 5.15. The predicted octanol–water partition coefficient (Wildman–Crippen LogP) is 4.04. The Kier molecular flexibility index (Phi) is 8.99. The lowest BCUT2D eigenvalue weighted by atomic mass is 10.1. The molecule has 0 saturated heterocycles. The highest BCUT2D eigenvalue weighted by atomic mass is 127. The summed E-state index contributed by atoms with van der Waals surface area (Å²) in [5.41, 5.74) is 0.733. The van der Waals surface area contributed by atoms with E-state index in [9.17, 15) is 13.2 Å². The average Bonchev–Trinajstić information content (AvgIpc) is 2.61. The van der Waals surface area contributed by atoms with Crippen molar-refractivity contribution in [3.8, 4) is 11.8 Å². The topological polar surface area (TPSA) is 36.4 Å². The number of rotatable bonds is 3. The lowest BCUT2D eigenvalue weighted by molar-refractivity contribution is -0.137. The zero-order valence-electron chi connectivity index (χ0n) is 14.1. The Hall–Kier alpha value is -2.21. The van der Waals surface area contributed by atoms with Crippen molar-refractivity contribution < 1.29 is 13.2 Å². The number of guanidine groups is 1. The minimum Gasteiger partial charge on any atom is -0.352 e. The van der Waals surface area contributed by atoms with Crippen LogP contribution < -0.4 is 10.6 Å². The molecule has 7 heteroatoms. The summed E-state index contributed by atoms with van der Waals surface area (Å²) in [4.78, 5) is 4.07. The molecule has 0 aliphatic heterocycles. The first kappa shape index (κ1) is 21.8. The van der Waals surface area contributed by atoms with E-state index >= 15 is 0 Å². The third-order valence-electron chi connectivity index (χ3n) is 3.29. The highest BCUT2D eigenvalue weighted by Crippen LogP contribution is 2.29. The van der Waals surface area contributed by atoms with E-state index in [-0.39, 0.29) is 30.5 Å². The summed E-state index contributed by atoms with van der Waals surface area (Å²) < 4.78 is 37.9. The van der Waals surface area contributed by atoms with Crippen molar-refractivity contribution in [3.05, 3.63) is 71.3 Å². The minimum atomic E-state index is -4.36. The molecule has 0 aromatic heterocycles. The molecule has 0 aliphatic rings. The molecule has 0 amide bonds. The standard InChI is InChI=1S/C19H18F3N3.HI/c1-23-18(25-14-16-7-3-2-4-8-16)24-12-6-10-15-9-5-11-17(13-15)19(20,21)22;/h2-5,7-9,11,13H,12,14H2,1H3,(H2,23,24,25);1H. The molecule has 2 N–H and O–H groups in total. The summed E-state index contributed by atoms with van der Waals surface area (Å²) in [5, 5.41) is 6.13. The maximum Gasteiger partial charge on any atom is 0.416 e. The number of alkyl halides is 3. The Bertz CT molecular complexity index is 778. The van der Waals surface area contributed by atoms with Crippen LogP contribution in [-0.2, 0) is 12.7 Å². The number of hydrogen-bond donors (Lipinski definition) is 2. The molecule has 138 valence electrons. The number of aliphatic imine (C=N–C) groups is 1. The monoisotopic (exact) mass is 473 g/mol. The van der Waals surface area contributed by atoms with E-state index in [2.05, 4.69) is 27.5 Å². The van der Waals surface area contributed by atoms with Crippen molar-refractivity contribution in [3.63, 3.8) is 0 Å². The molecule has 2 rings (SSSR count). The maximum absolute atomic E-state index is 12.6. The van der Waals surface area contributed by atoms with E-state index in [1.165, 1.54) is 6.07 Å². The molecule has 0 aliphatic carbocycles. The summed E-state index contributed by atoms with van der Waals surface area (Å²) in [6.45, 7) is 0.881. The van der Waals surface area contributed by atoms with Crippen LogP contribution in [-0.4, -0.2) is 19.6 Å². The molecule has 3 nitrogen and oxygen atoms in total. The number of halogens is 4. The van der Waals surface area contributed by atoms with E-state index in [1.54, 1.807) is 13.1 Å². The third-order valence-corrected chi connectivity index (χ3v) is 3.29. The van der Waals surface area contributed by atoms with Gasteiger partial charge in [-0.2, -0.15) is 13.2 Å². The normalized spacial score (nSPS) is 11.0. The highest BCUT2D eigenvalue weighted by molar-refractivity contribution is 14.0. The van der Waals surface area contributed by atoms with Gasteiger partial charge in [-0.1, -0.05) is 48.2 Å². The van der Waals surface area contributed by atoms with Crippen LogP contribution in [0.1, 0.15) is 16.7 Å². The number of benzene rings is 2. The van der Waals surface area contributed by atoms with Gasteiger partial charge in [-0.15, -0.1) is 24.0 Å². The SMILES string of the molecule is CN=C(NCC#Cc1cccc(C(F)(F)F)c1)NCc1ccccc1.I. The smallest absolute Gasteiger partial charge is 0.352 e. The van der Waals surface area contributed by atoms with Crippen LogP contribution >= 0.6 is 24.0 Å². The molecular formula is C19H19F3IN3. The van der Waals surface area contributed by atoms with Gasteiger partial charge in [0.05, 0.1) is 12.1 Å². The van der Waals surface area contributed by atoms with Gasteiger partial charge >= 0.3 is 6.18 Å². The molecule has 0 saturated carbocycles. The van der Waals surface area contributed by atoms with E-state index in [0.717, 1.165) is 17.7 Å². The lowest BCUT2D eigenvalue weighted by Gasteiger charge is -2.09. The van der Waals surface area contributed by atoms with E-state index in [0.29, 0.717) is 18.1 Å². The highest BCUT2D eigenvalue weighted by Gasteiger charge is 2.30. The first-order valence-corrected chi connectivity index (χ1v) is 7.63. The molecule has 0 atom stereocenters. The van der Waals surface area contributed by atoms with Crippen LogP contribution in [0.4, 0.5) is 13.2 Å². The van der Waals surface area contributed by atoms with Crippen molar-refractivity contribution >= 4 is 29.9 Å². The van der Waals surface area contributed by atoms with E-state index in [1.807, 2.05) is 30.3 Å². The largest absolute Gasteiger partial charge is 0.416 e. The van der Waals surface area contributed by atoms with Crippen LogP contribution in [0.5, 0.6) is 0 Å². The van der Waals surface area contributed by atoms with Gasteiger partial charge < -0.3 is 10.6 Å². The van der Waals surface area contributed by atoms with Crippen molar-refractivity contribution in [2.24, 2.45) is 4.99 Å². The van der Waals surface area contributed by atoms with E-state index < -0.39 is 11.7 Å². The van der Waals surface area contributed by atoms with Crippen LogP contribution in [0.25, 0.3) is 0 Å². The molecule has 2 aromatic carbocycles. The second kappa shape index (κ2) is 10.7. The molecule has 0 fully saturated rings.